The van der Waals surface area contributed by atoms with E-state index in [4.69, 9.17) is 17.3 Å². The molecule has 0 aliphatic heterocycles. The van der Waals surface area contributed by atoms with E-state index in [2.05, 4.69) is 4.74 Å². The molecule has 0 spiro atoms. The Bertz CT molecular complexity index is 446. The number of nitrogen functional groups attached to an aromatic ring is 1. The Hall–Kier alpha value is -1.43. The molecule has 0 amide bonds. The fraction of sp³-hybridized carbons (Fsp3) is 0.300. The standard InChI is InChI=1S/C10H9ClF3NO2/c1-5-2-6(17-10(12,13)14)3-7(9(5)15)8(16)4-11/h2-3H,4,15H2,1H3. The third kappa shape index (κ3) is 3.52. The van der Waals surface area contributed by atoms with Crippen molar-refractivity contribution in [2.45, 2.75) is 13.3 Å². The van der Waals surface area contributed by atoms with Crippen molar-refractivity contribution in [2.24, 2.45) is 0 Å². The number of carbonyl (C=O) groups is 1. The summed E-state index contributed by atoms with van der Waals surface area (Å²) < 4.78 is 39.8. The van der Waals surface area contributed by atoms with Crippen LogP contribution in [-0.2, 0) is 0 Å². The number of ether oxygens (including phenoxy) is 1. The van der Waals surface area contributed by atoms with E-state index in [1.807, 2.05) is 0 Å². The van der Waals surface area contributed by atoms with E-state index in [1.165, 1.54) is 6.92 Å². The molecule has 1 aromatic carbocycles. The largest absolute Gasteiger partial charge is 0.573 e. The van der Waals surface area contributed by atoms with Crippen molar-refractivity contribution >= 4 is 23.1 Å². The van der Waals surface area contributed by atoms with Crippen LogP contribution in [0.1, 0.15) is 15.9 Å². The second kappa shape index (κ2) is 4.83. The number of aryl methyl sites for hydroxylation is 1. The number of Topliss-reactive ketones (excluding diaryl/α,β-unsaturated/α-hetero) is 1. The van der Waals surface area contributed by atoms with Gasteiger partial charge in [-0.15, -0.1) is 24.8 Å². The Morgan fingerprint density at radius 2 is 2.06 bits per heavy atom. The first-order valence-corrected chi connectivity index (χ1v) is 5.03. The average molecular weight is 268 g/mol. The van der Waals surface area contributed by atoms with Crippen molar-refractivity contribution in [3.05, 3.63) is 23.3 Å². The molecule has 7 heteroatoms. The van der Waals surface area contributed by atoms with Crippen LogP contribution < -0.4 is 10.5 Å². The molecule has 0 unspecified atom stereocenters. The second-order valence-electron chi connectivity index (χ2n) is 3.31. The van der Waals surface area contributed by atoms with Gasteiger partial charge in [-0.2, -0.15) is 0 Å². The molecule has 0 aliphatic carbocycles. The molecule has 3 nitrogen and oxygen atoms in total. The van der Waals surface area contributed by atoms with Crippen molar-refractivity contribution in [3.63, 3.8) is 0 Å². The van der Waals surface area contributed by atoms with Crippen LogP contribution in [0.5, 0.6) is 5.75 Å². The molecular formula is C10H9ClF3NO2. The summed E-state index contributed by atoms with van der Waals surface area (Å²) in [5, 5.41) is 0. The fourth-order valence-electron chi connectivity index (χ4n) is 1.26. The SMILES string of the molecule is Cc1cc(OC(F)(F)F)cc(C(=O)CCl)c1N. The van der Waals surface area contributed by atoms with Gasteiger partial charge in [-0.1, -0.05) is 0 Å². The summed E-state index contributed by atoms with van der Waals surface area (Å²) in [6, 6.07) is 2.04. The molecule has 1 rings (SSSR count). The molecule has 17 heavy (non-hydrogen) atoms. The monoisotopic (exact) mass is 267 g/mol. The molecule has 0 atom stereocenters. The Labute approximate surface area is 100 Å². The van der Waals surface area contributed by atoms with Crippen molar-refractivity contribution < 1.29 is 22.7 Å². The highest BCUT2D eigenvalue weighted by molar-refractivity contribution is 6.31. The average Bonchev–Trinajstić information content (AvgIpc) is 2.19. The zero-order valence-corrected chi connectivity index (χ0v) is 9.52. The topological polar surface area (TPSA) is 52.3 Å². The van der Waals surface area contributed by atoms with Crippen LogP contribution in [0.4, 0.5) is 18.9 Å². The minimum Gasteiger partial charge on any atom is -0.406 e. The summed E-state index contributed by atoms with van der Waals surface area (Å²) in [4.78, 5) is 11.4. The normalized spacial score (nSPS) is 11.4. The lowest BCUT2D eigenvalue weighted by molar-refractivity contribution is -0.274. The van der Waals surface area contributed by atoms with Gasteiger partial charge in [0.15, 0.2) is 5.78 Å². The van der Waals surface area contributed by atoms with E-state index in [-0.39, 0.29) is 17.1 Å². The van der Waals surface area contributed by atoms with Gasteiger partial charge in [-0.25, -0.2) is 0 Å². The van der Waals surface area contributed by atoms with Gasteiger partial charge in [-0.05, 0) is 24.6 Å². The van der Waals surface area contributed by atoms with Crippen molar-refractivity contribution in [2.75, 3.05) is 11.6 Å². The molecule has 1 aromatic rings. The molecule has 0 aromatic heterocycles. The van der Waals surface area contributed by atoms with Gasteiger partial charge in [0.05, 0.1) is 5.88 Å². The molecule has 94 valence electrons. The number of rotatable bonds is 3. The third-order valence-electron chi connectivity index (χ3n) is 2.02. The van der Waals surface area contributed by atoms with Gasteiger partial charge in [0, 0.05) is 11.3 Å². The number of carbonyl (C=O) groups excluding carboxylic acids is 1. The molecule has 0 aliphatic rings. The maximum absolute atomic E-state index is 12.0. The van der Waals surface area contributed by atoms with E-state index in [9.17, 15) is 18.0 Å². The molecular weight excluding hydrogens is 259 g/mol. The molecule has 0 saturated carbocycles. The highest BCUT2D eigenvalue weighted by Gasteiger charge is 2.31. The highest BCUT2D eigenvalue weighted by atomic mass is 35.5. The Balaban J connectivity index is 3.19. The number of benzene rings is 1. The van der Waals surface area contributed by atoms with Gasteiger partial charge in [-0.3, -0.25) is 4.79 Å². The zero-order valence-electron chi connectivity index (χ0n) is 8.77. The number of ketones is 1. The van der Waals surface area contributed by atoms with Gasteiger partial charge in [0.25, 0.3) is 0 Å². The number of anilines is 1. The van der Waals surface area contributed by atoms with Crippen LogP contribution in [-0.4, -0.2) is 18.0 Å². The summed E-state index contributed by atoms with van der Waals surface area (Å²) in [5.74, 6) is -1.41. The highest BCUT2D eigenvalue weighted by Crippen LogP contribution is 2.29. The maximum atomic E-state index is 12.0. The van der Waals surface area contributed by atoms with Gasteiger partial charge < -0.3 is 10.5 Å². The van der Waals surface area contributed by atoms with Crippen molar-refractivity contribution in [1.82, 2.24) is 0 Å². The Morgan fingerprint density at radius 1 is 1.47 bits per heavy atom. The molecule has 0 fully saturated rings. The van der Waals surface area contributed by atoms with Crippen LogP contribution in [0.2, 0.25) is 0 Å². The summed E-state index contributed by atoms with van der Waals surface area (Å²) in [6.45, 7) is 1.48. The smallest absolute Gasteiger partial charge is 0.406 e. The molecule has 2 N–H and O–H groups in total. The van der Waals surface area contributed by atoms with E-state index in [0.717, 1.165) is 12.1 Å². The number of hydrogen-bond acceptors (Lipinski definition) is 3. The number of nitrogens with two attached hydrogens (primary N) is 1. The first kappa shape index (κ1) is 13.6. The van der Waals surface area contributed by atoms with Crippen LogP contribution >= 0.6 is 11.6 Å². The summed E-state index contributed by atoms with van der Waals surface area (Å²) >= 11 is 5.33. The quantitative estimate of drug-likeness (QED) is 0.520. The third-order valence-corrected chi connectivity index (χ3v) is 2.26. The predicted octanol–water partition coefficient (Wildman–Crippen LogP) is 2.90. The Morgan fingerprint density at radius 3 is 2.53 bits per heavy atom. The molecule has 0 bridgehead atoms. The van der Waals surface area contributed by atoms with E-state index in [0.29, 0.717) is 5.56 Å². The minimum absolute atomic E-state index is 0.0701. The minimum atomic E-state index is -4.82. The van der Waals surface area contributed by atoms with Gasteiger partial charge in [0.2, 0.25) is 0 Å². The second-order valence-corrected chi connectivity index (χ2v) is 3.57. The summed E-state index contributed by atoms with van der Waals surface area (Å²) in [5.41, 5.74) is 5.93. The van der Waals surface area contributed by atoms with E-state index in [1.54, 1.807) is 0 Å². The van der Waals surface area contributed by atoms with Gasteiger partial charge >= 0.3 is 6.36 Å². The van der Waals surface area contributed by atoms with Crippen LogP contribution in [0.25, 0.3) is 0 Å². The number of alkyl halides is 4. The van der Waals surface area contributed by atoms with Crippen LogP contribution in [0, 0.1) is 6.92 Å². The lowest BCUT2D eigenvalue weighted by atomic mass is 10.0. The van der Waals surface area contributed by atoms with Crippen molar-refractivity contribution in [1.29, 1.82) is 0 Å². The Kier molecular flexibility index (Phi) is 3.87. The number of hydrogen-bond donors (Lipinski definition) is 1. The molecule has 0 saturated heterocycles. The first-order chi connectivity index (χ1) is 7.74. The zero-order chi connectivity index (χ0) is 13.2. The van der Waals surface area contributed by atoms with E-state index >= 15 is 0 Å². The lowest BCUT2D eigenvalue weighted by Crippen LogP contribution is -2.18. The predicted molar refractivity (Wildman–Crippen MR) is 57.3 cm³/mol. The van der Waals surface area contributed by atoms with E-state index < -0.39 is 17.9 Å². The number of halogens is 4. The van der Waals surface area contributed by atoms with Crippen molar-refractivity contribution in [3.8, 4) is 5.75 Å². The summed E-state index contributed by atoms with van der Waals surface area (Å²) in [7, 11) is 0. The van der Waals surface area contributed by atoms with Crippen LogP contribution in [0.3, 0.4) is 0 Å². The first-order valence-electron chi connectivity index (χ1n) is 4.49. The summed E-state index contributed by atoms with van der Waals surface area (Å²) in [6.07, 6.45) is -4.82. The van der Waals surface area contributed by atoms with Crippen LogP contribution in [0.15, 0.2) is 12.1 Å². The molecule has 0 radical (unpaired) electrons. The van der Waals surface area contributed by atoms with Gasteiger partial charge in [0.1, 0.15) is 5.75 Å². The lowest BCUT2D eigenvalue weighted by Gasteiger charge is -2.13. The molecule has 0 heterocycles. The maximum Gasteiger partial charge on any atom is 0.573 e. The fourth-order valence-corrected chi connectivity index (χ4v) is 1.40.